The van der Waals surface area contributed by atoms with Crippen LogP contribution >= 0.6 is 45.3 Å². The van der Waals surface area contributed by atoms with Gasteiger partial charge in [-0.05, 0) is 142 Å². The van der Waals surface area contributed by atoms with Gasteiger partial charge in [0.05, 0.1) is 45.6 Å². The molecular formula is C48H44N4S4. The zero-order valence-corrected chi connectivity index (χ0v) is 35.6. The molecule has 0 saturated heterocycles. The van der Waals surface area contributed by atoms with Crippen molar-refractivity contribution in [1.29, 1.82) is 0 Å². The van der Waals surface area contributed by atoms with Gasteiger partial charge in [0.15, 0.2) is 0 Å². The topological polar surface area (TPSA) is 49.4 Å². The molecule has 56 heavy (non-hydrogen) atoms. The van der Waals surface area contributed by atoms with Crippen LogP contribution in [0.3, 0.4) is 0 Å². The first-order chi connectivity index (χ1) is 27.6. The van der Waals surface area contributed by atoms with E-state index in [-0.39, 0.29) is 0 Å². The molecule has 0 fully saturated rings. The molecule has 8 heteroatoms. The average molecular weight is 805 g/mol. The molecule has 0 amide bonds. The second-order valence-corrected chi connectivity index (χ2v) is 18.1. The molecule has 4 nitrogen and oxygen atoms in total. The number of aliphatic imine (C=N–C) groups is 4. The minimum atomic E-state index is 0.947. The fraction of sp³-hybridized carbons (Fsp3) is 0.250. The minimum Gasteiger partial charge on any atom is -0.248 e. The number of aryl methyl sites for hydroxylation is 4. The van der Waals surface area contributed by atoms with Gasteiger partial charge >= 0.3 is 0 Å². The Balaban J connectivity index is 1.37. The van der Waals surface area contributed by atoms with Crippen LogP contribution < -0.4 is 0 Å². The predicted molar refractivity (Wildman–Crippen MR) is 247 cm³/mol. The largest absolute Gasteiger partial charge is 0.248 e. The Kier molecular flexibility index (Phi) is 10.6. The van der Waals surface area contributed by atoms with Crippen LogP contribution in [0.15, 0.2) is 137 Å². The fourth-order valence-electron chi connectivity index (χ4n) is 8.10. The standard InChI is InChI=1S/C48H44N4S4/c1-5-9-29-21-25-53-45(29)41-33-13-15-35(49-33)42(46-30(10-6-2)22-26-54-46)37-17-19-39(51-37)44(48-32(12-8-4)24-28-56-48)40-20-18-38(52-40)43(36-16-14-34(41)50-36)47-31(11-7-3)23-27-55-47/h13-28H,5-12H2,1-4H3. The highest BCUT2D eigenvalue weighted by Gasteiger charge is 2.30. The highest BCUT2D eigenvalue weighted by Crippen LogP contribution is 2.43. The molecule has 9 heterocycles. The highest BCUT2D eigenvalue weighted by molar-refractivity contribution is 7.13. The molecule has 280 valence electrons. The van der Waals surface area contributed by atoms with Crippen LogP contribution in [0.25, 0.3) is 22.3 Å². The van der Waals surface area contributed by atoms with E-state index in [0.717, 1.165) is 119 Å². The summed E-state index contributed by atoms with van der Waals surface area (Å²) in [4.78, 5) is 27.2. The fourth-order valence-corrected chi connectivity index (χ4v) is 12.2. The number of rotatable bonds is 12. The Morgan fingerprint density at radius 2 is 0.571 bits per heavy atom. The number of fused-ring (bicyclic) bond motifs is 4. The van der Waals surface area contributed by atoms with Gasteiger partial charge < -0.3 is 0 Å². The molecule has 8 bridgehead atoms. The number of nitrogens with zero attached hydrogens (tertiary/aromatic N) is 4. The van der Waals surface area contributed by atoms with Crippen molar-refractivity contribution in [3.8, 4) is 0 Å². The van der Waals surface area contributed by atoms with E-state index in [4.69, 9.17) is 20.0 Å². The van der Waals surface area contributed by atoms with Crippen LogP contribution in [-0.4, -0.2) is 22.8 Å². The van der Waals surface area contributed by atoms with E-state index in [1.54, 1.807) is 45.3 Å². The molecule has 0 N–H and O–H groups in total. The summed E-state index contributed by atoms with van der Waals surface area (Å²) in [5.74, 6) is 0. The molecule has 0 atom stereocenters. The van der Waals surface area contributed by atoms with E-state index < -0.39 is 0 Å². The first-order valence-electron chi connectivity index (χ1n) is 19.9. The van der Waals surface area contributed by atoms with Crippen molar-refractivity contribution < 1.29 is 0 Å². The summed E-state index contributed by atoms with van der Waals surface area (Å²) in [6.07, 6.45) is 26.0. The van der Waals surface area contributed by atoms with Crippen molar-refractivity contribution in [2.45, 2.75) is 79.1 Å². The average Bonchev–Trinajstić information content (AvgIpc) is 4.04. The third kappa shape index (κ3) is 6.70. The van der Waals surface area contributed by atoms with Crippen LogP contribution in [0.1, 0.15) is 95.1 Å². The second-order valence-electron chi connectivity index (χ2n) is 14.5. The van der Waals surface area contributed by atoms with Gasteiger partial charge in [-0.3, -0.25) is 0 Å². The van der Waals surface area contributed by atoms with Gasteiger partial charge in [-0.1, -0.05) is 53.4 Å². The van der Waals surface area contributed by atoms with E-state index in [0.29, 0.717) is 0 Å². The maximum Gasteiger partial charge on any atom is 0.0746 e. The number of hydrogen-bond donors (Lipinski definition) is 0. The van der Waals surface area contributed by atoms with Crippen molar-refractivity contribution in [2.24, 2.45) is 20.0 Å². The SMILES string of the molecule is CCCc1ccsc1C1=C2C=CC(=N2)C(c2sccc2CCC)=C2C=CC(=N2)C(c2sccc2CCC)=C2C=CC(=N2)C(c2sccc2CCC)=C2C=CC1=N2. The molecule has 5 aliphatic rings. The lowest BCUT2D eigenvalue weighted by atomic mass is 10.0. The van der Waals surface area contributed by atoms with Crippen LogP contribution in [0.4, 0.5) is 0 Å². The number of thiophene rings is 4. The molecule has 0 aliphatic carbocycles. The predicted octanol–water partition coefficient (Wildman–Crippen LogP) is 13.7. The molecule has 4 aromatic rings. The first kappa shape index (κ1) is 37.0. The van der Waals surface area contributed by atoms with Crippen LogP contribution in [0.5, 0.6) is 0 Å². The van der Waals surface area contributed by atoms with E-state index in [9.17, 15) is 0 Å². The maximum atomic E-state index is 5.55. The molecule has 9 rings (SSSR count). The summed E-state index contributed by atoms with van der Waals surface area (Å²) in [5, 5.41) is 8.88. The Morgan fingerprint density at radius 1 is 0.339 bits per heavy atom. The molecule has 0 aromatic carbocycles. The molecule has 5 aliphatic heterocycles. The van der Waals surface area contributed by atoms with Gasteiger partial charge in [0, 0.05) is 41.8 Å². The summed E-state index contributed by atoms with van der Waals surface area (Å²) < 4.78 is 0. The maximum absolute atomic E-state index is 5.55. The summed E-state index contributed by atoms with van der Waals surface area (Å²) in [6.45, 7) is 9.01. The van der Waals surface area contributed by atoms with Crippen LogP contribution in [0, 0.1) is 0 Å². The van der Waals surface area contributed by atoms with E-state index in [1.807, 2.05) is 0 Å². The van der Waals surface area contributed by atoms with Gasteiger partial charge in [0.1, 0.15) is 0 Å². The normalized spacial score (nSPS) is 17.4. The molecule has 4 aromatic heterocycles. The van der Waals surface area contributed by atoms with Crippen molar-refractivity contribution in [1.82, 2.24) is 0 Å². The molecule has 0 radical (unpaired) electrons. The molecule has 0 saturated carbocycles. The van der Waals surface area contributed by atoms with Gasteiger partial charge in [-0.25, -0.2) is 20.0 Å². The van der Waals surface area contributed by atoms with E-state index >= 15 is 0 Å². The van der Waals surface area contributed by atoms with Crippen molar-refractivity contribution in [3.05, 3.63) is 159 Å². The quantitative estimate of drug-likeness (QED) is 0.137. The highest BCUT2D eigenvalue weighted by atomic mass is 32.1. The Bertz CT molecular complexity index is 2260. The zero-order chi connectivity index (χ0) is 38.2. The smallest absolute Gasteiger partial charge is 0.0746 e. The van der Waals surface area contributed by atoms with Crippen molar-refractivity contribution in [2.75, 3.05) is 0 Å². The first-order valence-corrected chi connectivity index (χ1v) is 23.4. The Labute approximate surface area is 346 Å². The van der Waals surface area contributed by atoms with E-state index in [1.165, 1.54) is 41.8 Å². The lowest BCUT2D eigenvalue weighted by Crippen LogP contribution is -2.04. The molecular weight excluding hydrogens is 761 g/mol. The van der Waals surface area contributed by atoms with Crippen LogP contribution in [0.2, 0.25) is 0 Å². The van der Waals surface area contributed by atoms with Gasteiger partial charge in [-0.15, -0.1) is 45.3 Å². The van der Waals surface area contributed by atoms with Gasteiger partial charge in [0.25, 0.3) is 0 Å². The molecule has 0 unspecified atom stereocenters. The third-order valence-electron chi connectivity index (χ3n) is 10.6. The van der Waals surface area contributed by atoms with Crippen LogP contribution in [-0.2, 0) is 25.7 Å². The lowest BCUT2D eigenvalue weighted by molar-refractivity contribution is 0.924. The summed E-state index contributed by atoms with van der Waals surface area (Å²) >= 11 is 7.17. The van der Waals surface area contributed by atoms with Gasteiger partial charge in [0.2, 0.25) is 0 Å². The second kappa shape index (κ2) is 16.1. The summed E-state index contributed by atoms with van der Waals surface area (Å²) in [5.41, 5.74) is 17.3. The summed E-state index contributed by atoms with van der Waals surface area (Å²) in [7, 11) is 0. The third-order valence-corrected chi connectivity index (χ3v) is 14.5. The summed E-state index contributed by atoms with van der Waals surface area (Å²) in [6, 6.07) is 9.12. The Morgan fingerprint density at radius 3 is 0.786 bits per heavy atom. The van der Waals surface area contributed by atoms with Crippen molar-refractivity contribution in [3.63, 3.8) is 0 Å². The zero-order valence-electron chi connectivity index (χ0n) is 32.3. The van der Waals surface area contributed by atoms with Crippen molar-refractivity contribution >= 4 is 90.5 Å². The monoisotopic (exact) mass is 804 g/mol. The van der Waals surface area contributed by atoms with Gasteiger partial charge in [-0.2, -0.15) is 0 Å². The lowest BCUT2D eigenvalue weighted by Gasteiger charge is -2.13. The minimum absolute atomic E-state index is 0.947. The Hall–Kier alpha value is -4.60. The number of hydrogen-bond acceptors (Lipinski definition) is 8. The molecule has 0 spiro atoms. The number of allylic oxidation sites excluding steroid dienone is 12. The van der Waals surface area contributed by atoms with E-state index in [2.05, 4.69) is 122 Å².